The maximum Gasteiger partial charge on any atom is 0.138 e. The maximum atomic E-state index is 6.20. The number of ether oxygens (including phenoxy) is 2. The van der Waals surface area contributed by atoms with E-state index in [9.17, 15) is 0 Å². The molecule has 0 heterocycles. The van der Waals surface area contributed by atoms with Crippen molar-refractivity contribution in [2.75, 3.05) is 7.11 Å². The van der Waals surface area contributed by atoms with E-state index < -0.39 is 0 Å². The Morgan fingerprint density at radius 3 is 2.48 bits per heavy atom. The smallest absolute Gasteiger partial charge is 0.138 e. The summed E-state index contributed by atoms with van der Waals surface area (Å²) in [6, 6.07) is 8.71. The summed E-state index contributed by atoms with van der Waals surface area (Å²) in [4.78, 5) is 0. The van der Waals surface area contributed by atoms with Crippen molar-refractivity contribution in [1.29, 1.82) is 0 Å². The molecule has 0 amide bonds. The van der Waals surface area contributed by atoms with E-state index in [2.05, 4.69) is 58.0 Å². The highest BCUT2D eigenvalue weighted by atomic mass is 16.5. The Bertz CT molecular complexity index is 711. The van der Waals surface area contributed by atoms with E-state index in [1.54, 1.807) is 7.11 Å². The molecule has 0 radical (unpaired) electrons. The van der Waals surface area contributed by atoms with E-state index in [1.165, 1.54) is 16.5 Å². The molecular weight excluding hydrogens is 284 g/mol. The first-order valence-electron chi connectivity index (χ1n) is 8.49. The van der Waals surface area contributed by atoms with Crippen molar-refractivity contribution in [2.45, 2.75) is 53.4 Å². The molecule has 0 aliphatic rings. The zero-order chi connectivity index (χ0) is 17.0. The first-order chi connectivity index (χ1) is 11.0. The molecule has 2 aromatic rings. The third-order valence-corrected chi connectivity index (χ3v) is 4.16. The number of methoxy groups -OCH3 is 1. The zero-order valence-electron chi connectivity index (χ0n) is 15.2. The minimum absolute atomic E-state index is 0.422. The summed E-state index contributed by atoms with van der Waals surface area (Å²) in [6.45, 7) is 10.7. The molecule has 0 unspecified atom stereocenters. The molecule has 0 bridgehead atoms. The predicted molar refractivity (Wildman–Crippen MR) is 98.6 cm³/mol. The van der Waals surface area contributed by atoms with E-state index in [-0.39, 0.29) is 0 Å². The van der Waals surface area contributed by atoms with E-state index in [0.717, 1.165) is 35.5 Å². The van der Waals surface area contributed by atoms with Crippen molar-refractivity contribution in [3.05, 3.63) is 47.2 Å². The molecule has 23 heavy (non-hydrogen) atoms. The fourth-order valence-electron chi connectivity index (χ4n) is 2.90. The van der Waals surface area contributed by atoms with Crippen LogP contribution in [0.15, 0.2) is 36.1 Å². The van der Waals surface area contributed by atoms with Gasteiger partial charge in [0, 0.05) is 5.39 Å². The van der Waals surface area contributed by atoms with E-state index in [4.69, 9.17) is 9.47 Å². The molecule has 0 fully saturated rings. The zero-order valence-corrected chi connectivity index (χ0v) is 15.2. The minimum Gasteiger partial charge on any atom is -0.496 e. The molecule has 0 saturated heterocycles. The van der Waals surface area contributed by atoms with Crippen LogP contribution in [0.4, 0.5) is 0 Å². The van der Waals surface area contributed by atoms with Crippen LogP contribution >= 0.6 is 0 Å². The standard InChI is InChI=1S/C21H28O2/c1-7-9-15(5)23-21-16(8-2)10-11-17-12-18(14(3)4)20(22-6)13-19(17)21/h9-14H,7-8H2,1-6H3/b15-9-. The van der Waals surface area contributed by atoms with Gasteiger partial charge in [0.15, 0.2) is 0 Å². The second-order valence-electron chi connectivity index (χ2n) is 6.20. The maximum absolute atomic E-state index is 6.20. The fraction of sp³-hybridized carbons (Fsp3) is 0.429. The molecule has 2 aromatic carbocycles. The lowest BCUT2D eigenvalue weighted by Gasteiger charge is -2.18. The van der Waals surface area contributed by atoms with Gasteiger partial charge in [-0.05, 0) is 60.4 Å². The normalized spacial score (nSPS) is 12.0. The Labute approximate surface area is 140 Å². The van der Waals surface area contributed by atoms with Crippen LogP contribution in [0, 0.1) is 0 Å². The van der Waals surface area contributed by atoms with Crippen LogP contribution in [-0.2, 0) is 6.42 Å². The van der Waals surface area contributed by atoms with Crippen LogP contribution in [0.3, 0.4) is 0 Å². The summed E-state index contributed by atoms with van der Waals surface area (Å²) in [5, 5.41) is 2.32. The average molecular weight is 312 g/mol. The molecule has 0 saturated carbocycles. The van der Waals surface area contributed by atoms with Gasteiger partial charge in [0.2, 0.25) is 0 Å². The van der Waals surface area contributed by atoms with E-state index in [1.807, 2.05) is 6.92 Å². The molecule has 2 rings (SSSR count). The second-order valence-corrected chi connectivity index (χ2v) is 6.20. The third kappa shape index (κ3) is 3.69. The quantitative estimate of drug-likeness (QED) is 0.589. The highest BCUT2D eigenvalue weighted by Gasteiger charge is 2.14. The highest BCUT2D eigenvalue weighted by Crippen LogP contribution is 2.38. The first-order valence-corrected chi connectivity index (χ1v) is 8.49. The Kier molecular flexibility index (Phi) is 5.70. The van der Waals surface area contributed by atoms with Gasteiger partial charge in [0.05, 0.1) is 12.9 Å². The fourth-order valence-corrected chi connectivity index (χ4v) is 2.90. The number of hydrogen-bond donors (Lipinski definition) is 0. The van der Waals surface area contributed by atoms with Gasteiger partial charge >= 0.3 is 0 Å². The summed E-state index contributed by atoms with van der Waals surface area (Å²) < 4.78 is 11.8. The summed E-state index contributed by atoms with van der Waals surface area (Å²) in [5.74, 6) is 3.26. The summed E-state index contributed by atoms with van der Waals surface area (Å²) in [6.07, 6.45) is 4.02. The average Bonchev–Trinajstić information content (AvgIpc) is 2.54. The van der Waals surface area contributed by atoms with Gasteiger partial charge in [-0.2, -0.15) is 0 Å². The van der Waals surface area contributed by atoms with Crippen molar-refractivity contribution >= 4 is 10.8 Å². The molecule has 0 atom stereocenters. The molecule has 124 valence electrons. The van der Waals surface area contributed by atoms with Gasteiger partial charge in [-0.3, -0.25) is 0 Å². The van der Waals surface area contributed by atoms with Crippen molar-refractivity contribution in [3.8, 4) is 11.5 Å². The van der Waals surface area contributed by atoms with Crippen molar-refractivity contribution in [2.24, 2.45) is 0 Å². The Balaban J connectivity index is 2.69. The SMILES string of the molecule is CC/C=C(/C)Oc1c(CC)ccc2cc(C(C)C)c(OC)cc12. The number of hydrogen-bond acceptors (Lipinski definition) is 2. The number of allylic oxidation sites excluding steroid dienone is 2. The first kappa shape index (κ1) is 17.4. The summed E-state index contributed by atoms with van der Waals surface area (Å²) >= 11 is 0. The van der Waals surface area contributed by atoms with Crippen molar-refractivity contribution < 1.29 is 9.47 Å². The number of rotatable bonds is 6. The van der Waals surface area contributed by atoms with Gasteiger partial charge in [-0.1, -0.05) is 39.8 Å². The lowest BCUT2D eigenvalue weighted by molar-refractivity contribution is 0.407. The lowest BCUT2D eigenvalue weighted by atomic mass is 9.96. The molecule has 0 aliphatic carbocycles. The molecule has 0 N–H and O–H groups in total. The van der Waals surface area contributed by atoms with Crippen LogP contribution in [0.1, 0.15) is 58.1 Å². The highest BCUT2D eigenvalue weighted by molar-refractivity contribution is 5.92. The van der Waals surface area contributed by atoms with Crippen LogP contribution in [0.2, 0.25) is 0 Å². The van der Waals surface area contributed by atoms with Gasteiger partial charge in [0.1, 0.15) is 11.5 Å². The topological polar surface area (TPSA) is 18.5 Å². The van der Waals surface area contributed by atoms with E-state index >= 15 is 0 Å². The Morgan fingerprint density at radius 1 is 1.17 bits per heavy atom. The summed E-state index contributed by atoms with van der Waals surface area (Å²) in [5.41, 5.74) is 2.46. The van der Waals surface area contributed by atoms with Gasteiger partial charge < -0.3 is 9.47 Å². The molecule has 0 aromatic heterocycles. The summed E-state index contributed by atoms with van der Waals surface area (Å²) in [7, 11) is 1.74. The van der Waals surface area contributed by atoms with E-state index in [0.29, 0.717) is 5.92 Å². The van der Waals surface area contributed by atoms with Crippen LogP contribution in [0.25, 0.3) is 10.8 Å². The van der Waals surface area contributed by atoms with Gasteiger partial charge in [-0.15, -0.1) is 0 Å². The molecular formula is C21H28O2. The Hall–Kier alpha value is -1.96. The van der Waals surface area contributed by atoms with Gasteiger partial charge in [-0.25, -0.2) is 0 Å². The lowest BCUT2D eigenvalue weighted by Crippen LogP contribution is -1.99. The Morgan fingerprint density at radius 2 is 1.91 bits per heavy atom. The number of benzene rings is 2. The largest absolute Gasteiger partial charge is 0.496 e. The molecule has 0 spiro atoms. The third-order valence-electron chi connectivity index (χ3n) is 4.16. The number of aryl methyl sites for hydroxylation is 1. The molecule has 2 heteroatoms. The monoisotopic (exact) mass is 312 g/mol. The number of fused-ring (bicyclic) bond motifs is 1. The minimum atomic E-state index is 0.422. The van der Waals surface area contributed by atoms with Gasteiger partial charge in [0.25, 0.3) is 0 Å². The van der Waals surface area contributed by atoms with Crippen LogP contribution in [0.5, 0.6) is 11.5 Å². The van der Waals surface area contributed by atoms with Crippen LogP contribution in [-0.4, -0.2) is 7.11 Å². The predicted octanol–water partition coefficient (Wildman–Crippen LogP) is 6.23. The van der Waals surface area contributed by atoms with Crippen molar-refractivity contribution in [3.63, 3.8) is 0 Å². The molecule has 2 nitrogen and oxygen atoms in total. The molecule has 0 aliphatic heterocycles. The van der Waals surface area contributed by atoms with Crippen molar-refractivity contribution in [1.82, 2.24) is 0 Å². The second kappa shape index (κ2) is 7.54. The van der Waals surface area contributed by atoms with Crippen LogP contribution < -0.4 is 9.47 Å².